The van der Waals surface area contributed by atoms with Crippen LogP contribution in [0.25, 0.3) is 0 Å². The molecular weight excluding hydrogens is 368 g/mol. The highest BCUT2D eigenvalue weighted by Gasteiger charge is 2.28. The van der Waals surface area contributed by atoms with Crippen molar-refractivity contribution in [2.24, 2.45) is 0 Å². The molecule has 0 spiro atoms. The molecule has 0 amide bonds. The topological polar surface area (TPSA) is 157 Å². The predicted octanol–water partition coefficient (Wildman–Crippen LogP) is 1.37. The van der Waals surface area contributed by atoms with E-state index in [0.29, 0.717) is 11.3 Å². The summed E-state index contributed by atoms with van der Waals surface area (Å²) in [6.07, 6.45) is -2.79. The molecule has 28 heavy (non-hydrogen) atoms. The van der Waals surface area contributed by atoms with Gasteiger partial charge in [-0.1, -0.05) is 30.3 Å². The van der Waals surface area contributed by atoms with Crippen LogP contribution in [0, 0.1) is 10.1 Å². The third-order valence-corrected chi connectivity index (χ3v) is 4.43. The predicted molar refractivity (Wildman–Crippen MR) is 101 cm³/mol. The number of anilines is 2. The van der Waals surface area contributed by atoms with Crippen molar-refractivity contribution in [3.63, 3.8) is 0 Å². The number of nitro groups is 1. The molecule has 1 heterocycles. The van der Waals surface area contributed by atoms with Crippen molar-refractivity contribution in [1.29, 1.82) is 0 Å². The lowest BCUT2D eigenvalue weighted by Crippen LogP contribution is -2.43. The van der Waals surface area contributed by atoms with Gasteiger partial charge in [-0.05, 0) is 11.1 Å². The summed E-state index contributed by atoms with van der Waals surface area (Å²) in [4.78, 5) is 21.9. The van der Waals surface area contributed by atoms with Crippen LogP contribution in [0.3, 0.4) is 0 Å². The van der Waals surface area contributed by atoms with E-state index in [-0.39, 0.29) is 24.3 Å². The van der Waals surface area contributed by atoms with Gasteiger partial charge in [0.15, 0.2) is 12.5 Å². The molecule has 6 N–H and O–H groups in total. The number of carbonyl (C=O) groups is 1. The highest BCUT2D eigenvalue weighted by Crippen LogP contribution is 2.35. The van der Waals surface area contributed by atoms with Crippen LogP contribution in [-0.4, -0.2) is 38.7 Å². The zero-order valence-electron chi connectivity index (χ0n) is 14.7. The third-order valence-electron chi connectivity index (χ3n) is 4.43. The van der Waals surface area contributed by atoms with Crippen LogP contribution in [-0.2, 0) is 11.3 Å². The number of benzene rings is 2. The van der Waals surface area contributed by atoms with Crippen molar-refractivity contribution in [1.82, 2.24) is 5.32 Å². The van der Waals surface area contributed by atoms with E-state index in [1.165, 1.54) is 12.1 Å². The van der Waals surface area contributed by atoms with E-state index in [1.54, 1.807) is 24.3 Å². The van der Waals surface area contributed by atoms with Crippen LogP contribution < -0.4 is 16.0 Å². The van der Waals surface area contributed by atoms with Gasteiger partial charge >= 0.3 is 5.97 Å². The second kappa shape index (κ2) is 8.21. The van der Waals surface area contributed by atoms with Crippen molar-refractivity contribution >= 4 is 23.0 Å². The van der Waals surface area contributed by atoms with Gasteiger partial charge in [0, 0.05) is 24.7 Å². The smallest absolute Gasteiger partial charge is 0.305 e. The molecule has 0 aliphatic carbocycles. The summed E-state index contributed by atoms with van der Waals surface area (Å²) in [5.41, 5.74) is 1.71. The molecule has 3 atom stereocenters. The summed E-state index contributed by atoms with van der Waals surface area (Å²) in [6, 6.07) is 11.1. The fourth-order valence-electron chi connectivity index (χ4n) is 3.08. The van der Waals surface area contributed by atoms with E-state index in [9.17, 15) is 30.2 Å². The first-order valence-corrected chi connectivity index (χ1v) is 8.56. The van der Waals surface area contributed by atoms with Crippen LogP contribution in [0.2, 0.25) is 0 Å². The fourth-order valence-corrected chi connectivity index (χ4v) is 3.08. The number of hydrogen-bond acceptors (Lipinski definition) is 8. The van der Waals surface area contributed by atoms with Crippen molar-refractivity contribution in [3.05, 3.63) is 63.7 Å². The summed E-state index contributed by atoms with van der Waals surface area (Å²) in [7, 11) is 0. The Hall–Kier alpha value is -3.21. The minimum Gasteiger partial charge on any atom is -0.481 e. The highest BCUT2D eigenvalue weighted by atomic mass is 16.6. The maximum atomic E-state index is 11.2. The normalized spacial score (nSPS) is 19.1. The van der Waals surface area contributed by atoms with Crippen molar-refractivity contribution in [2.45, 2.75) is 31.5 Å². The standard InChI is InChI=1S/C18H20N4O6/c23-15(24)8-13(10-4-2-1-3-5-10)19-9-11-6-12(22(27)28)7-14-16(11)21-18(26)17(25)20-14/h1-7,13,17-21,25-26H,8-9H2,(H,23,24). The van der Waals surface area contributed by atoms with E-state index < -0.39 is 29.4 Å². The Morgan fingerprint density at radius 1 is 1.18 bits per heavy atom. The molecule has 0 bridgehead atoms. The van der Waals surface area contributed by atoms with Gasteiger partial charge in [-0.2, -0.15) is 0 Å². The molecule has 3 rings (SSSR count). The van der Waals surface area contributed by atoms with Gasteiger partial charge < -0.3 is 31.3 Å². The average molecular weight is 388 g/mol. The van der Waals surface area contributed by atoms with Crippen LogP contribution >= 0.6 is 0 Å². The second-order valence-corrected chi connectivity index (χ2v) is 6.40. The van der Waals surface area contributed by atoms with Crippen LogP contribution in [0.5, 0.6) is 0 Å². The minimum absolute atomic E-state index is 0.106. The molecule has 2 aromatic rings. The molecule has 1 aliphatic rings. The van der Waals surface area contributed by atoms with Crippen molar-refractivity contribution in [3.8, 4) is 0 Å². The zero-order chi connectivity index (χ0) is 20.3. The van der Waals surface area contributed by atoms with Crippen molar-refractivity contribution < 1.29 is 25.0 Å². The monoisotopic (exact) mass is 388 g/mol. The third kappa shape index (κ3) is 4.36. The molecule has 10 heteroatoms. The van der Waals surface area contributed by atoms with E-state index in [0.717, 1.165) is 5.56 Å². The molecule has 0 saturated heterocycles. The number of non-ortho nitro benzene ring substituents is 1. The fraction of sp³-hybridized carbons (Fsp3) is 0.278. The number of nitrogens with one attached hydrogen (secondary N) is 3. The van der Waals surface area contributed by atoms with Crippen LogP contribution in [0.15, 0.2) is 42.5 Å². The summed E-state index contributed by atoms with van der Waals surface area (Å²) in [6.45, 7) is 0.106. The second-order valence-electron chi connectivity index (χ2n) is 6.40. The van der Waals surface area contributed by atoms with Gasteiger partial charge in [0.1, 0.15) is 0 Å². The maximum absolute atomic E-state index is 11.2. The van der Waals surface area contributed by atoms with E-state index in [4.69, 9.17) is 0 Å². The Morgan fingerprint density at radius 2 is 1.86 bits per heavy atom. The Balaban J connectivity index is 1.89. The quantitative estimate of drug-likeness (QED) is 0.304. The van der Waals surface area contributed by atoms with Gasteiger partial charge in [0.2, 0.25) is 0 Å². The van der Waals surface area contributed by atoms with Gasteiger partial charge in [0.25, 0.3) is 5.69 Å². The van der Waals surface area contributed by atoms with E-state index in [1.807, 2.05) is 6.07 Å². The molecule has 0 radical (unpaired) electrons. The first kappa shape index (κ1) is 19.5. The number of aliphatic carboxylic acids is 1. The number of carboxylic acids is 1. The number of aliphatic hydroxyl groups is 2. The summed E-state index contributed by atoms with van der Waals surface area (Å²) in [5, 5.41) is 48.5. The molecule has 1 aliphatic heterocycles. The lowest BCUT2D eigenvalue weighted by molar-refractivity contribution is -0.384. The summed E-state index contributed by atoms with van der Waals surface area (Å²) in [5.74, 6) is -0.985. The molecule has 2 aromatic carbocycles. The number of rotatable bonds is 7. The molecule has 10 nitrogen and oxygen atoms in total. The van der Waals surface area contributed by atoms with Gasteiger partial charge in [0.05, 0.1) is 22.7 Å². The first-order chi connectivity index (χ1) is 13.3. The Labute approximate surface area is 160 Å². The average Bonchev–Trinajstić information content (AvgIpc) is 2.66. The Bertz CT molecular complexity index is 876. The number of fused-ring (bicyclic) bond motifs is 1. The maximum Gasteiger partial charge on any atom is 0.305 e. The van der Waals surface area contributed by atoms with Crippen LogP contribution in [0.4, 0.5) is 17.1 Å². The first-order valence-electron chi connectivity index (χ1n) is 8.56. The number of nitrogens with zero attached hydrogens (tertiary/aromatic N) is 1. The number of hydrogen-bond donors (Lipinski definition) is 6. The largest absolute Gasteiger partial charge is 0.481 e. The number of aliphatic hydroxyl groups excluding tert-OH is 2. The molecule has 3 unspecified atom stereocenters. The van der Waals surface area contributed by atoms with E-state index >= 15 is 0 Å². The van der Waals surface area contributed by atoms with Crippen molar-refractivity contribution in [2.75, 3.05) is 10.6 Å². The molecule has 0 aromatic heterocycles. The Kier molecular flexibility index (Phi) is 5.73. The molecular formula is C18H20N4O6. The summed E-state index contributed by atoms with van der Waals surface area (Å²) < 4.78 is 0. The SMILES string of the molecule is O=C(O)CC(NCc1cc([N+](=O)[O-])cc2c1NC(O)C(O)N2)c1ccccc1. The molecule has 0 fully saturated rings. The number of carboxylic acid groups (broad SMARTS) is 1. The lowest BCUT2D eigenvalue weighted by Gasteiger charge is -2.31. The zero-order valence-corrected chi connectivity index (χ0v) is 14.7. The van der Waals surface area contributed by atoms with Gasteiger partial charge in [-0.3, -0.25) is 14.9 Å². The molecule has 0 saturated carbocycles. The van der Waals surface area contributed by atoms with Gasteiger partial charge in [-0.25, -0.2) is 0 Å². The highest BCUT2D eigenvalue weighted by molar-refractivity contribution is 5.78. The van der Waals surface area contributed by atoms with Crippen LogP contribution in [0.1, 0.15) is 23.6 Å². The minimum atomic E-state index is -1.32. The Morgan fingerprint density at radius 3 is 2.50 bits per heavy atom. The summed E-state index contributed by atoms with van der Waals surface area (Å²) >= 11 is 0. The van der Waals surface area contributed by atoms with E-state index in [2.05, 4.69) is 16.0 Å². The lowest BCUT2D eigenvalue weighted by atomic mass is 10.0. The van der Waals surface area contributed by atoms with Gasteiger partial charge in [-0.15, -0.1) is 0 Å². The molecule has 148 valence electrons. The number of nitro benzene ring substituents is 1.